The summed E-state index contributed by atoms with van der Waals surface area (Å²) >= 11 is 0. The lowest BCUT2D eigenvalue weighted by Crippen LogP contribution is -1.93. The first-order valence-electron chi connectivity index (χ1n) is 45.0. The van der Waals surface area contributed by atoms with Crippen LogP contribution < -0.4 is 0 Å². The van der Waals surface area contributed by atoms with Crippen LogP contribution in [0.3, 0.4) is 0 Å². The molecule has 0 amide bonds. The Hall–Kier alpha value is -16.6. The van der Waals surface area contributed by atoms with E-state index in [0.29, 0.717) is 0 Å². The maximum Gasteiger partial charge on any atom is -0.000696 e. The van der Waals surface area contributed by atoms with Gasteiger partial charge in [0, 0.05) is 0 Å². The second kappa shape index (κ2) is 26.3. The van der Waals surface area contributed by atoms with E-state index in [0.717, 1.165) is 0 Å². The first kappa shape index (κ1) is 70.8. The van der Waals surface area contributed by atoms with Crippen molar-refractivity contribution in [2.24, 2.45) is 0 Å². The summed E-state index contributed by atoms with van der Waals surface area (Å²) in [4.78, 5) is 0. The van der Waals surface area contributed by atoms with Gasteiger partial charge in [-0.3, -0.25) is 0 Å². The summed E-state index contributed by atoms with van der Waals surface area (Å²) in [6, 6.07) is 160. The Morgan fingerprint density at radius 1 is 0.0775 bits per heavy atom. The summed E-state index contributed by atoms with van der Waals surface area (Å²) in [7, 11) is 0. The molecule has 129 heavy (non-hydrogen) atoms. The number of hydrogen-bond acceptors (Lipinski definition) is 0. The molecule has 2 aliphatic carbocycles. The van der Waals surface area contributed by atoms with E-state index in [9.17, 15) is 0 Å². The highest BCUT2D eigenvalue weighted by atomic mass is 14.4. The molecule has 0 saturated heterocycles. The van der Waals surface area contributed by atoms with Gasteiger partial charge >= 0.3 is 0 Å². The minimum atomic E-state index is 0. The van der Waals surface area contributed by atoms with Gasteiger partial charge in [0.2, 0.25) is 0 Å². The van der Waals surface area contributed by atoms with Gasteiger partial charge in [-0.05, 0) is 316 Å². The van der Waals surface area contributed by atoms with Crippen LogP contribution >= 0.6 is 0 Å². The van der Waals surface area contributed by atoms with Crippen LogP contribution in [0.25, 0.3) is 316 Å². The van der Waals surface area contributed by atoms with E-state index >= 15 is 0 Å². The second-order valence-electron chi connectivity index (χ2n) is 35.8. The van der Waals surface area contributed by atoms with Crippen molar-refractivity contribution in [3.8, 4) is 122 Å². The van der Waals surface area contributed by atoms with Gasteiger partial charge in [0.05, 0.1) is 0 Å². The van der Waals surface area contributed by atoms with E-state index < -0.39 is 0 Å². The minimum Gasteiger partial charge on any atom is -0.0626 e. The molecule has 0 radical (unpaired) electrons. The Kier molecular flexibility index (Phi) is 14.4. The predicted molar refractivity (Wildman–Crippen MR) is 562 cm³/mol. The van der Waals surface area contributed by atoms with Crippen molar-refractivity contribution in [3.63, 3.8) is 0 Å². The third-order valence-electron chi connectivity index (χ3n) is 29.9. The minimum absolute atomic E-state index is 0. The molecule has 590 valence electrons. The van der Waals surface area contributed by atoms with Gasteiger partial charge in [-0.1, -0.05) is 433 Å². The fraction of sp³-hybridized carbons (Fsp3) is 0. The van der Waals surface area contributed by atoms with Crippen LogP contribution in [-0.2, 0) is 0 Å². The van der Waals surface area contributed by atoms with E-state index in [4.69, 9.17) is 0 Å². The van der Waals surface area contributed by atoms with Crippen molar-refractivity contribution < 1.29 is 0 Å². The Morgan fingerprint density at radius 3 is 0.690 bits per heavy atom. The molecule has 29 aromatic rings. The van der Waals surface area contributed by atoms with E-state index in [2.05, 4.69) is 425 Å². The van der Waals surface area contributed by atoms with E-state index in [1.807, 2.05) is 0 Å². The van der Waals surface area contributed by atoms with Gasteiger partial charge in [-0.25, -0.2) is 0 Å². The molecular formula is C128H74B-. The molecule has 0 bridgehead atoms. The van der Waals surface area contributed by atoms with Crippen LogP contribution in [-0.4, -0.2) is 8.41 Å². The van der Waals surface area contributed by atoms with E-state index in [1.165, 1.54) is 316 Å². The fourth-order valence-electron chi connectivity index (χ4n) is 25.2. The third-order valence-corrected chi connectivity index (χ3v) is 29.9. The van der Waals surface area contributed by atoms with Crippen molar-refractivity contribution >= 4 is 202 Å². The zero-order chi connectivity index (χ0) is 83.0. The zero-order valence-corrected chi connectivity index (χ0v) is 69.4. The van der Waals surface area contributed by atoms with Gasteiger partial charge < -0.3 is 0 Å². The second-order valence-corrected chi connectivity index (χ2v) is 35.8. The number of hydrogen-bond donors (Lipinski definition) is 0. The molecule has 0 heterocycles. The Labute approximate surface area is 743 Å². The summed E-state index contributed by atoms with van der Waals surface area (Å²) in [5.74, 6) is 0. The highest BCUT2D eigenvalue weighted by Crippen LogP contribution is 2.65. The summed E-state index contributed by atoms with van der Waals surface area (Å²) in [6.07, 6.45) is 0. The van der Waals surface area contributed by atoms with Crippen molar-refractivity contribution in [2.45, 2.75) is 0 Å². The van der Waals surface area contributed by atoms with Crippen LogP contribution in [0.2, 0.25) is 0 Å². The van der Waals surface area contributed by atoms with Crippen molar-refractivity contribution in [3.05, 3.63) is 425 Å². The maximum atomic E-state index is 2.47. The monoisotopic (exact) mass is 1620 g/mol. The summed E-state index contributed by atoms with van der Waals surface area (Å²) < 4.78 is 0. The molecule has 0 aromatic heterocycles. The Morgan fingerprint density at radius 2 is 0.279 bits per heavy atom. The molecule has 0 fully saturated rings. The lowest BCUT2D eigenvalue weighted by molar-refractivity contribution is 1.62. The van der Waals surface area contributed by atoms with Crippen LogP contribution in [0.4, 0.5) is 0 Å². The topological polar surface area (TPSA) is 0 Å². The molecule has 0 saturated carbocycles. The molecule has 0 N–H and O–H groups in total. The standard InChI is InChI=1S/C64H34.C64H36.BH4/c1-4-15-35(16-5-1)52-41-23-12-13-24-42(41)53(36-17-6-2-7-18-36)62-49-32-28-44-46-30-34-51-59-50(33-29-45(56(46)59)43-27-31-48(61(52)62)58(49)55(43)44)63-54(37-19-8-3-9-20-37)47-26-14-25-39-38-21-10-11-22-40(38)60(57(39)47)64(51)63;1-4-17-37(18-5-1)54-47-25-12-13-26-48(47)55(38-19-6-2-7-20-38)62-52-35-33-41(43-27-14-31-50(57(43)52)61(54)62)42-34-36-53-58-44(42)28-15-32-51(58)64-60-46-24-11-10-23-40(46)45-29-16-30-49(59(45)60)56(63(53)64)39-21-8-3-9-22-39;/h1-34H;1-36H;1H4/q;;-1. The quantitative estimate of drug-likeness (QED) is 0.0848. The first-order valence-corrected chi connectivity index (χ1v) is 45.0. The molecule has 2 aliphatic rings. The molecule has 0 spiro atoms. The molecule has 0 aliphatic heterocycles. The maximum absolute atomic E-state index is 2.47. The third kappa shape index (κ3) is 9.17. The van der Waals surface area contributed by atoms with Crippen molar-refractivity contribution in [1.82, 2.24) is 0 Å². The van der Waals surface area contributed by atoms with E-state index in [1.54, 1.807) is 0 Å². The van der Waals surface area contributed by atoms with Gasteiger partial charge in [-0.15, -0.1) is 0 Å². The Bertz CT molecular complexity index is 9660. The van der Waals surface area contributed by atoms with Gasteiger partial charge in [-0.2, -0.15) is 0 Å². The molecule has 0 unspecified atom stereocenters. The molecule has 0 nitrogen and oxygen atoms in total. The average Bonchev–Trinajstić information content (AvgIpc) is 1.51. The van der Waals surface area contributed by atoms with E-state index in [-0.39, 0.29) is 8.41 Å². The van der Waals surface area contributed by atoms with Crippen LogP contribution in [0.5, 0.6) is 0 Å². The molecule has 0 atom stereocenters. The number of benzene rings is 25. The molecular weight excluding hydrogens is 1550 g/mol. The first-order chi connectivity index (χ1) is 63.7. The molecule has 29 aromatic carbocycles. The van der Waals surface area contributed by atoms with Gasteiger partial charge in [0.25, 0.3) is 0 Å². The van der Waals surface area contributed by atoms with Crippen LogP contribution in [0.15, 0.2) is 425 Å². The predicted octanol–water partition coefficient (Wildman–Crippen LogP) is 34.8. The number of rotatable bonds is 7. The smallest absolute Gasteiger partial charge is 0.000696 e. The SMILES string of the molecule is [BH4-].c1ccc(-c2c3c(c(-c4ccccc4)c4ccccc24)-c2ccc(-c4ccc5c6c(-c7ccccc7)c7cccc8c9ccccc9c(c78)c6c6cccc4c56)c4cccc-3c24)cc1.c1ccc(-c2c3c(c(-c4ccccc4)c4ccccc24)-c2ccc4c5ccc6c7c(ccc(c8ccc-3c2c84)c57)c2c(-c3ccccc3)c3cccc4c5ccccc5c(c34)c62)cc1. The largest absolute Gasteiger partial charge is 0.0626 e. The molecule has 1 heteroatoms. The lowest BCUT2D eigenvalue weighted by atomic mass is 9.82. The Balaban J connectivity index is 0.000000126. The van der Waals surface area contributed by atoms with Crippen molar-refractivity contribution in [1.29, 1.82) is 0 Å². The molecule has 31 rings (SSSR count). The normalized spacial score (nSPS) is 12.4. The van der Waals surface area contributed by atoms with Crippen LogP contribution in [0, 0.1) is 0 Å². The summed E-state index contributed by atoms with van der Waals surface area (Å²) in [5, 5.41) is 48.2. The highest BCUT2D eigenvalue weighted by molar-refractivity contribution is 6.53. The number of fused-ring (bicyclic) bond motifs is 24. The zero-order valence-electron chi connectivity index (χ0n) is 69.4. The van der Waals surface area contributed by atoms with Crippen molar-refractivity contribution in [2.75, 3.05) is 0 Å². The summed E-state index contributed by atoms with van der Waals surface area (Å²) in [6.45, 7) is 0. The van der Waals surface area contributed by atoms with Gasteiger partial charge in [0.15, 0.2) is 0 Å². The average molecular weight is 1620 g/mol. The fourth-order valence-corrected chi connectivity index (χ4v) is 25.2. The van der Waals surface area contributed by atoms with Gasteiger partial charge in [0.1, 0.15) is 0 Å². The van der Waals surface area contributed by atoms with Crippen LogP contribution in [0.1, 0.15) is 0 Å². The summed E-state index contributed by atoms with van der Waals surface area (Å²) in [5.41, 5.74) is 28.6. The lowest BCUT2D eigenvalue weighted by Gasteiger charge is -2.20. The highest BCUT2D eigenvalue weighted by Gasteiger charge is 2.37.